The van der Waals surface area contributed by atoms with Gasteiger partial charge < -0.3 is 14.7 Å². The van der Waals surface area contributed by atoms with Gasteiger partial charge in [0.2, 0.25) is 5.91 Å². The van der Waals surface area contributed by atoms with Gasteiger partial charge in [-0.3, -0.25) is 4.79 Å². The summed E-state index contributed by atoms with van der Waals surface area (Å²) in [5.41, 5.74) is 0. The van der Waals surface area contributed by atoms with Gasteiger partial charge in [0.25, 0.3) is 0 Å². The molecule has 0 saturated carbocycles. The van der Waals surface area contributed by atoms with Crippen molar-refractivity contribution in [3.8, 4) is 5.75 Å². The number of hydrogen-bond donors (Lipinski definition) is 1. The standard InChI is InChI=1S/C15H20FNO3/c1-11-5-7-17(10-14(11)18)15(19)6-8-20-13-4-2-3-12(16)9-13/h2-4,9,11,14,18H,5-8,10H2,1H3. The number of nitrogens with zero attached hydrogens (tertiary/aromatic N) is 1. The Hall–Kier alpha value is -1.62. The van der Waals surface area contributed by atoms with Crippen LogP contribution in [0.2, 0.25) is 0 Å². The van der Waals surface area contributed by atoms with Crippen molar-refractivity contribution in [3.63, 3.8) is 0 Å². The van der Waals surface area contributed by atoms with E-state index in [0.29, 0.717) is 18.8 Å². The number of benzene rings is 1. The fourth-order valence-electron chi connectivity index (χ4n) is 2.25. The van der Waals surface area contributed by atoms with Crippen LogP contribution >= 0.6 is 0 Å². The lowest BCUT2D eigenvalue weighted by molar-refractivity contribution is -0.135. The number of aliphatic hydroxyl groups excluding tert-OH is 1. The minimum absolute atomic E-state index is 0.0349. The van der Waals surface area contributed by atoms with Gasteiger partial charge in [-0.2, -0.15) is 0 Å². The maximum atomic E-state index is 12.9. The molecular weight excluding hydrogens is 261 g/mol. The molecule has 0 bridgehead atoms. The molecule has 1 fully saturated rings. The smallest absolute Gasteiger partial charge is 0.226 e. The summed E-state index contributed by atoms with van der Waals surface area (Å²) in [5.74, 6) is 0.266. The van der Waals surface area contributed by atoms with Crippen LogP contribution in [0.3, 0.4) is 0 Å². The molecular formula is C15H20FNO3. The van der Waals surface area contributed by atoms with E-state index in [2.05, 4.69) is 0 Å². The number of halogens is 1. The van der Waals surface area contributed by atoms with Crippen molar-refractivity contribution in [3.05, 3.63) is 30.1 Å². The molecule has 1 aliphatic rings. The summed E-state index contributed by atoms with van der Waals surface area (Å²) in [5, 5.41) is 9.76. The molecule has 1 heterocycles. The number of β-amino-alcohol motifs (C(OH)–C–C–N with tert-alkyl or cyclic N) is 1. The first-order valence-corrected chi connectivity index (χ1v) is 6.90. The minimum Gasteiger partial charge on any atom is -0.493 e. The number of aliphatic hydroxyl groups is 1. The van der Waals surface area contributed by atoms with Gasteiger partial charge in [-0.25, -0.2) is 4.39 Å². The molecule has 0 aromatic heterocycles. The van der Waals surface area contributed by atoms with E-state index in [1.165, 1.54) is 12.1 Å². The molecule has 1 aromatic rings. The Labute approximate surface area is 118 Å². The fraction of sp³-hybridized carbons (Fsp3) is 0.533. The van der Waals surface area contributed by atoms with Gasteiger partial charge in [0.05, 0.1) is 19.1 Å². The molecule has 1 amide bonds. The van der Waals surface area contributed by atoms with Crippen LogP contribution in [-0.2, 0) is 4.79 Å². The first-order valence-electron chi connectivity index (χ1n) is 6.90. The van der Waals surface area contributed by atoms with E-state index in [0.717, 1.165) is 6.42 Å². The van der Waals surface area contributed by atoms with Crippen LogP contribution in [0.1, 0.15) is 19.8 Å². The Morgan fingerprint density at radius 1 is 1.55 bits per heavy atom. The highest BCUT2D eigenvalue weighted by atomic mass is 19.1. The Morgan fingerprint density at radius 2 is 2.35 bits per heavy atom. The van der Waals surface area contributed by atoms with Gasteiger partial charge in [0.15, 0.2) is 0 Å². The van der Waals surface area contributed by atoms with Crippen LogP contribution in [0.4, 0.5) is 4.39 Å². The van der Waals surface area contributed by atoms with E-state index < -0.39 is 6.10 Å². The zero-order chi connectivity index (χ0) is 14.5. The maximum absolute atomic E-state index is 12.9. The third kappa shape index (κ3) is 3.93. The van der Waals surface area contributed by atoms with Crippen molar-refractivity contribution < 1.29 is 19.0 Å². The van der Waals surface area contributed by atoms with Crippen molar-refractivity contribution in [1.82, 2.24) is 4.90 Å². The quantitative estimate of drug-likeness (QED) is 0.916. The van der Waals surface area contributed by atoms with Gasteiger partial charge >= 0.3 is 0 Å². The molecule has 0 spiro atoms. The topological polar surface area (TPSA) is 49.8 Å². The third-order valence-electron chi connectivity index (χ3n) is 3.65. The molecule has 2 unspecified atom stereocenters. The Balaban J connectivity index is 1.75. The van der Waals surface area contributed by atoms with E-state index in [4.69, 9.17) is 4.74 Å². The minimum atomic E-state index is -0.447. The largest absolute Gasteiger partial charge is 0.493 e. The van der Waals surface area contributed by atoms with E-state index >= 15 is 0 Å². The number of rotatable bonds is 4. The van der Waals surface area contributed by atoms with Crippen molar-refractivity contribution in [2.24, 2.45) is 5.92 Å². The molecule has 1 aliphatic heterocycles. The molecule has 2 atom stereocenters. The molecule has 2 rings (SSSR count). The number of piperidine rings is 1. The van der Waals surface area contributed by atoms with Crippen molar-refractivity contribution >= 4 is 5.91 Å². The predicted molar refractivity (Wildman–Crippen MR) is 72.9 cm³/mol. The summed E-state index contributed by atoms with van der Waals surface area (Å²) >= 11 is 0. The summed E-state index contributed by atoms with van der Waals surface area (Å²) in [7, 11) is 0. The average Bonchev–Trinajstić information content (AvgIpc) is 2.42. The van der Waals surface area contributed by atoms with Gasteiger partial charge in [-0.15, -0.1) is 0 Å². The highest BCUT2D eigenvalue weighted by Crippen LogP contribution is 2.18. The van der Waals surface area contributed by atoms with Crippen LogP contribution in [0.5, 0.6) is 5.75 Å². The van der Waals surface area contributed by atoms with Gasteiger partial charge in [0, 0.05) is 19.2 Å². The second kappa shape index (κ2) is 6.70. The van der Waals surface area contributed by atoms with Gasteiger partial charge in [-0.1, -0.05) is 13.0 Å². The number of carbonyl (C=O) groups is 1. The summed E-state index contributed by atoms with van der Waals surface area (Å²) in [6, 6.07) is 5.85. The number of ether oxygens (including phenoxy) is 1. The molecule has 1 N–H and O–H groups in total. The van der Waals surface area contributed by atoms with Crippen LogP contribution in [0, 0.1) is 11.7 Å². The monoisotopic (exact) mass is 281 g/mol. The zero-order valence-electron chi connectivity index (χ0n) is 11.6. The second-order valence-corrected chi connectivity index (χ2v) is 5.23. The van der Waals surface area contributed by atoms with Crippen molar-refractivity contribution in [2.45, 2.75) is 25.9 Å². The van der Waals surface area contributed by atoms with Crippen LogP contribution in [0.25, 0.3) is 0 Å². The highest BCUT2D eigenvalue weighted by molar-refractivity contribution is 5.76. The van der Waals surface area contributed by atoms with E-state index in [-0.39, 0.29) is 30.7 Å². The first-order chi connectivity index (χ1) is 9.56. The lowest BCUT2D eigenvalue weighted by Gasteiger charge is -2.34. The fourth-order valence-corrected chi connectivity index (χ4v) is 2.25. The van der Waals surface area contributed by atoms with E-state index in [1.54, 1.807) is 17.0 Å². The SMILES string of the molecule is CC1CCN(C(=O)CCOc2cccc(F)c2)CC1O. The highest BCUT2D eigenvalue weighted by Gasteiger charge is 2.26. The molecule has 0 radical (unpaired) electrons. The van der Waals surface area contributed by atoms with E-state index in [9.17, 15) is 14.3 Å². The lowest BCUT2D eigenvalue weighted by atomic mass is 9.96. The summed E-state index contributed by atoms with van der Waals surface area (Å²) < 4.78 is 18.3. The Morgan fingerprint density at radius 3 is 3.05 bits per heavy atom. The lowest BCUT2D eigenvalue weighted by Crippen LogP contribution is -2.46. The van der Waals surface area contributed by atoms with Crippen LogP contribution < -0.4 is 4.74 Å². The Bertz CT molecular complexity index is 466. The summed E-state index contributed by atoms with van der Waals surface area (Å²) in [6.07, 6.45) is 0.603. The molecule has 110 valence electrons. The number of carbonyl (C=O) groups excluding carboxylic acids is 1. The van der Waals surface area contributed by atoms with Crippen molar-refractivity contribution in [1.29, 1.82) is 0 Å². The Kier molecular flexibility index (Phi) is 4.95. The third-order valence-corrected chi connectivity index (χ3v) is 3.65. The van der Waals surface area contributed by atoms with Gasteiger partial charge in [0.1, 0.15) is 11.6 Å². The van der Waals surface area contributed by atoms with Crippen LogP contribution in [0.15, 0.2) is 24.3 Å². The molecule has 20 heavy (non-hydrogen) atoms. The molecule has 0 aliphatic carbocycles. The molecule has 1 saturated heterocycles. The number of likely N-dealkylation sites (tertiary alicyclic amines) is 1. The number of hydrogen-bond acceptors (Lipinski definition) is 3. The predicted octanol–water partition coefficient (Wildman–Crippen LogP) is 1.82. The average molecular weight is 281 g/mol. The normalized spacial score (nSPS) is 22.6. The molecule has 4 nitrogen and oxygen atoms in total. The zero-order valence-corrected chi connectivity index (χ0v) is 11.6. The molecule has 1 aromatic carbocycles. The van der Waals surface area contributed by atoms with Crippen molar-refractivity contribution in [2.75, 3.05) is 19.7 Å². The van der Waals surface area contributed by atoms with Gasteiger partial charge in [-0.05, 0) is 24.5 Å². The van der Waals surface area contributed by atoms with E-state index in [1.807, 2.05) is 6.92 Å². The first kappa shape index (κ1) is 14.8. The molecule has 5 heteroatoms. The summed E-state index contributed by atoms with van der Waals surface area (Å²) in [6.45, 7) is 3.26. The second-order valence-electron chi connectivity index (χ2n) is 5.23. The maximum Gasteiger partial charge on any atom is 0.226 e. The number of amides is 1. The van der Waals surface area contributed by atoms with Crippen LogP contribution in [-0.4, -0.2) is 41.7 Å². The summed E-state index contributed by atoms with van der Waals surface area (Å²) in [4.78, 5) is 13.6.